The summed E-state index contributed by atoms with van der Waals surface area (Å²) >= 11 is 0. The first-order valence-corrected chi connectivity index (χ1v) is 8.33. The Kier molecular flexibility index (Phi) is 7.53. The maximum atomic E-state index is 9.37. The van der Waals surface area contributed by atoms with Crippen LogP contribution in [0.2, 0.25) is 0 Å². The third-order valence-electron chi connectivity index (χ3n) is 4.99. The third kappa shape index (κ3) is 4.79. The van der Waals surface area contributed by atoms with Gasteiger partial charge >= 0.3 is 0 Å². The van der Waals surface area contributed by atoms with Crippen LogP contribution in [0.5, 0.6) is 0 Å². The van der Waals surface area contributed by atoms with Crippen LogP contribution in [0.15, 0.2) is 11.6 Å². The van der Waals surface area contributed by atoms with Crippen LogP contribution < -0.4 is 0 Å². The van der Waals surface area contributed by atoms with Gasteiger partial charge in [-0.05, 0) is 31.8 Å². The molecule has 0 saturated carbocycles. The Morgan fingerprint density at radius 2 is 2.05 bits per heavy atom. The van der Waals surface area contributed by atoms with Gasteiger partial charge in [0.15, 0.2) is 5.79 Å². The smallest absolute Gasteiger partial charge is 0.165 e. The lowest BCUT2D eigenvalue weighted by Gasteiger charge is -2.41. The number of aliphatic hydroxyl groups is 1. The average molecular weight is 314 g/mol. The molecule has 1 rings (SSSR count). The van der Waals surface area contributed by atoms with Crippen molar-refractivity contribution in [2.24, 2.45) is 17.8 Å². The van der Waals surface area contributed by atoms with Crippen molar-refractivity contribution in [3.05, 3.63) is 11.6 Å². The van der Waals surface area contributed by atoms with Gasteiger partial charge in [0.1, 0.15) is 0 Å². The van der Waals surface area contributed by atoms with Crippen LogP contribution in [-0.2, 0) is 14.2 Å². The molecule has 1 saturated heterocycles. The predicted molar refractivity (Wildman–Crippen MR) is 88.7 cm³/mol. The summed E-state index contributed by atoms with van der Waals surface area (Å²) in [7, 11) is 3.41. The Labute approximate surface area is 135 Å². The lowest BCUT2D eigenvalue weighted by atomic mass is 9.85. The lowest BCUT2D eigenvalue weighted by molar-refractivity contribution is -0.260. The summed E-state index contributed by atoms with van der Waals surface area (Å²) in [5.41, 5.74) is 1.22. The van der Waals surface area contributed by atoms with E-state index in [1.807, 2.05) is 13.8 Å². The van der Waals surface area contributed by atoms with Gasteiger partial charge in [-0.3, -0.25) is 0 Å². The summed E-state index contributed by atoms with van der Waals surface area (Å²) < 4.78 is 17.3. The van der Waals surface area contributed by atoms with Gasteiger partial charge in [0.2, 0.25) is 0 Å². The van der Waals surface area contributed by atoms with Crippen LogP contribution >= 0.6 is 0 Å². The Hall–Kier alpha value is -0.420. The van der Waals surface area contributed by atoms with Crippen molar-refractivity contribution < 1.29 is 19.3 Å². The molecule has 0 spiro atoms. The molecule has 1 aliphatic heterocycles. The van der Waals surface area contributed by atoms with E-state index in [-0.39, 0.29) is 30.7 Å². The van der Waals surface area contributed by atoms with Gasteiger partial charge in [0, 0.05) is 39.1 Å². The highest BCUT2D eigenvalue weighted by Gasteiger charge is 2.37. The minimum Gasteiger partial charge on any atom is -0.396 e. The quantitative estimate of drug-likeness (QED) is 0.732. The van der Waals surface area contributed by atoms with E-state index in [0.29, 0.717) is 5.92 Å². The van der Waals surface area contributed by atoms with Crippen LogP contribution in [0.1, 0.15) is 47.5 Å². The normalized spacial score (nSPS) is 34.3. The number of ether oxygens (including phenoxy) is 3. The average Bonchev–Trinajstić information content (AvgIpc) is 2.50. The van der Waals surface area contributed by atoms with Crippen molar-refractivity contribution in [1.29, 1.82) is 0 Å². The molecule has 0 aromatic heterocycles. The first-order chi connectivity index (χ1) is 10.3. The van der Waals surface area contributed by atoms with Crippen molar-refractivity contribution >= 4 is 0 Å². The lowest BCUT2D eigenvalue weighted by Crippen LogP contribution is -2.44. The topological polar surface area (TPSA) is 47.9 Å². The largest absolute Gasteiger partial charge is 0.396 e. The molecule has 0 bridgehead atoms. The molecule has 1 fully saturated rings. The number of methoxy groups -OCH3 is 2. The number of rotatable bonds is 7. The highest BCUT2D eigenvalue weighted by molar-refractivity contribution is 5.11. The van der Waals surface area contributed by atoms with Crippen LogP contribution in [-0.4, -0.2) is 43.9 Å². The fraction of sp³-hybridized carbons (Fsp3) is 0.889. The maximum absolute atomic E-state index is 9.37. The molecule has 0 aromatic carbocycles. The Morgan fingerprint density at radius 1 is 1.41 bits per heavy atom. The molecule has 4 heteroatoms. The van der Waals surface area contributed by atoms with Crippen LogP contribution in [0.3, 0.4) is 0 Å². The van der Waals surface area contributed by atoms with Crippen molar-refractivity contribution in [1.82, 2.24) is 0 Å². The van der Waals surface area contributed by atoms with E-state index in [0.717, 1.165) is 12.8 Å². The fourth-order valence-corrected chi connectivity index (χ4v) is 3.45. The Balaban J connectivity index is 2.85. The van der Waals surface area contributed by atoms with E-state index < -0.39 is 5.79 Å². The second-order valence-corrected chi connectivity index (χ2v) is 7.02. The molecule has 0 radical (unpaired) electrons. The molecule has 0 aromatic rings. The van der Waals surface area contributed by atoms with E-state index in [9.17, 15) is 5.11 Å². The summed E-state index contributed by atoms with van der Waals surface area (Å²) in [6, 6.07) is 0. The molecular weight excluding hydrogens is 280 g/mol. The van der Waals surface area contributed by atoms with E-state index in [2.05, 4.69) is 26.8 Å². The molecule has 22 heavy (non-hydrogen) atoms. The minimum atomic E-state index is -0.492. The third-order valence-corrected chi connectivity index (χ3v) is 4.99. The van der Waals surface area contributed by atoms with Crippen LogP contribution in [0, 0.1) is 17.8 Å². The van der Waals surface area contributed by atoms with Gasteiger partial charge in [0.05, 0.1) is 12.2 Å². The standard InChI is InChI=1S/C18H34O4/c1-12-8-9-18(5,21-7)22-17(12)14(3)10-13(2)16(20-6)15(4)11-19/h10,12-13,15-17,19H,8-9,11H2,1-7H3/b14-10+/t12-,13+,15+,16-,17+,18+/m1/s1. The van der Waals surface area contributed by atoms with Crippen molar-refractivity contribution in [2.75, 3.05) is 20.8 Å². The summed E-state index contributed by atoms with van der Waals surface area (Å²) in [5, 5.41) is 9.37. The first-order valence-electron chi connectivity index (χ1n) is 8.33. The Morgan fingerprint density at radius 3 is 2.55 bits per heavy atom. The molecule has 130 valence electrons. The summed E-state index contributed by atoms with van der Waals surface area (Å²) in [4.78, 5) is 0. The molecule has 0 aliphatic carbocycles. The number of hydrogen-bond acceptors (Lipinski definition) is 4. The number of aliphatic hydroxyl groups excluding tert-OH is 1. The van der Waals surface area contributed by atoms with E-state index in [1.165, 1.54) is 5.57 Å². The highest BCUT2D eigenvalue weighted by Crippen LogP contribution is 2.36. The molecule has 0 amide bonds. The fourth-order valence-electron chi connectivity index (χ4n) is 3.45. The minimum absolute atomic E-state index is 0.00709. The van der Waals surface area contributed by atoms with Crippen molar-refractivity contribution in [2.45, 2.75) is 65.5 Å². The highest BCUT2D eigenvalue weighted by atomic mass is 16.7. The van der Waals surface area contributed by atoms with Crippen LogP contribution in [0.4, 0.5) is 0 Å². The van der Waals surface area contributed by atoms with Crippen molar-refractivity contribution in [3.8, 4) is 0 Å². The predicted octanol–water partition coefficient (Wildman–Crippen LogP) is 3.39. The molecule has 6 atom stereocenters. The zero-order valence-corrected chi connectivity index (χ0v) is 15.3. The molecule has 0 unspecified atom stereocenters. The van der Waals surface area contributed by atoms with Gasteiger partial charge in [-0.15, -0.1) is 0 Å². The second kappa shape index (κ2) is 8.44. The first kappa shape index (κ1) is 19.6. The van der Waals surface area contributed by atoms with E-state index in [4.69, 9.17) is 14.2 Å². The van der Waals surface area contributed by atoms with Crippen LogP contribution in [0.25, 0.3) is 0 Å². The van der Waals surface area contributed by atoms with E-state index >= 15 is 0 Å². The molecule has 1 heterocycles. The zero-order chi connectivity index (χ0) is 16.9. The Bertz CT molecular complexity index is 368. The maximum Gasteiger partial charge on any atom is 0.165 e. The SMILES string of the molecule is CO[C@H]([C@@H](C)/C=C(\C)[C@H]1O[C@](C)(OC)CC[C@H]1C)[C@@H](C)CO. The van der Waals surface area contributed by atoms with Gasteiger partial charge in [-0.2, -0.15) is 0 Å². The van der Waals surface area contributed by atoms with Gasteiger partial charge in [-0.1, -0.05) is 26.8 Å². The molecule has 1 N–H and O–H groups in total. The molecular formula is C18H34O4. The number of hydrogen-bond donors (Lipinski definition) is 1. The zero-order valence-electron chi connectivity index (χ0n) is 15.3. The monoisotopic (exact) mass is 314 g/mol. The summed E-state index contributed by atoms with van der Waals surface area (Å²) in [6.45, 7) is 10.6. The van der Waals surface area contributed by atoms with E-state index in [1.54, 1.807) is 14.2 Å². The molecule has 1 aliphatic rings. The van der Waals surface area contributed by atoms with Gasteiger partial charge in [-0.25, -0.2) is 0 Å². The molecule has 4 nitrogen and oxygen atoms in total. The summed E-state index contributed by atoms with van der Waals surface area (Å²) in [6.07, 6.45) is 4.32. The van der Waals surface area contributed by atoms with Gasteiger partial charge < -0.3 is 19.3 Å². The van der Waals surface area contributed by atoms with Gasteiger partial charge in [0.25, 0.3) is 0 Å². The second-order valence-electron chi connectivity index (χ2n) is 7.02. The summed E-state index contributed by atoms with van der Waals surface area (Å²) in [5.74, 6) is 0.314. The van der Waals surface area contributed by atoms with Crippen molar-refractivity contribution in [3.63, 3.8) is 0 Å².